The van der Waals surface area contributed by atoms with Crippen LogP contribution >= 0.6 is 0 Å². The van der Waals surface area contributed by atoms with E-state index in [0.29, 0.717) is 12.2 Å². The van der Waals surface area contributed by atoms with E-state index in [2.05, 4.69) is 33.9 Å². The number of nitrogens with one attached hydrogen (secondary N) is 1. The number of amides is 1. The first-order valence-corrected chi connectivity index (χ1v) is 9.02. The standard InChI is InChI=1S/C19H22N6O2/c1-12-13(2)24(10-9-23(12)3)18(27)17-21-19-20-15(11-16(26)25(19)22-17)14-7-5-4-6-8-14/h4-8,11-13H,9-10H2,1-3H3,(H,20,21,22). The lowest BCUT2D eigenvalue weighted by Gasteiger charge is -2.43. The minimum absolute atomic E-state index is 0.0500. The highest BCUT2D eigenvalue weighted by Crippen LogP contribution is 2.18. The van der Waals surface area contributed by atoms with Crippen molar-refractivity contribution in [3.63, 3.8) is 0 Å². The summed E-state index contributed by atoms with van der Waals surface area (Å²) >= 11 is 0. The Hall–Kier alpha value is -3.00. The summed E-state index contributed by atoms with van der Waals surface area (Å²) in [4.78, 5) is 38.2. The van der Waals surface area contributed by atoms with Crippen LogP contribution in [0.5, 0.6) is 0 Å². The maximum Gasteiger partial charge on any atom is 0.291 e. The molecule has 1 amide bonds. The summed E-state index contributed by atoms with van der Waals surface area (Å²) in [5.41, 5.74) is 1.06. The molecule has 3 heterocycles. The Morgan fingerprint density at radius 2 is 1.85 bits per heavy atom. The number of hydrogen-bond acceptors (Lipinski definition) is 5. The Balaban J connectivity index is 1.70. The van der Waals surface area contributed by atoms with E-state index in [1.54, 1.807) is 4.90 Å². The minimum atomic E-state index is -0.301. The van der Waals surface area contributed by atoms with Gasteiger partial charge in [-0.15, -0.1) is 0 Å². The molecule has 1 saturated heterocycles. The van der Waals surface area contributed by atoms with Gasteiger partial charge < -0.3 is 4.90 Å². The molecule has 2 unspecified atom stereocenters. The van der Waals surface area contributed by atoms with Crippen LogP contribution < -0.4 is 5.56 Å². The summed E-state index contributed by atoms with van der Waals surface area (Å²) < 4.78 is 1.21. The second-order valence-electron chi connectivity index (χ2n) is 7.01. The highest BCUT2D eigenvalue weighted by atomic mass is 16.2. The van der Waals surface area contributed by atoms with Crippen molar-refractivity contribution in [2.45, 2.75) is 25.9 Å². The van der Waals surface area contributed by atoms with Crippen molar-refractivity contribution in [3.8, 4) is 11.3 Å². The Kier molecular flexibility index (Phi) is 4.27. The fraction of sp³-hybridized carbons (Fsp3) is 0.368. The van der Waals surface area contributed by atoms with Gasteiger partial charge >= 0.3 is 0 Å². The van der Waals surface area contributed by atoms with Crippen LogP contribution in [0.3, 0.4) is 0 Å². The molecule has 4 rings (SSSR count). The van der Waals surface area contributed by atoms with Gasteiger partial charge in [-0.2, -0.15) is 9.50 Å². The van der Waals surface area contributed by atoms with Gasteiger partial charge in [-0.25, -0.2) is 4.98 Å². The smallest absolute Gasteiger partial charge is 0.291 e. The number of piperazine rings is 1. The zero-order valence-corrected chi connectivity index (χ0v) is 15.6. The summed E-state index contributed by atoms with van der Waals surface area (Å²) in [5.74, 6) is 0.113. The molecule has 0 radical (unpaired) electrons. The van der Waals surface area contributed by atoms with E-state index >= 15 is 0 Å². The lowest BCUT2D eigenvalue weighted by Crippen LogP contribution is -2.57. The van der Waals surface area contributed by atoms with E-state index in [0.717, 1.165) is 12.1 Å². The van der Waals surface area contributed by atoms with Crippen LogP contribution in [0.15, 0.2) is 41.2 Å². The van der Waals surface area contributed by atoms with Crippen LogP contribution in [0, 0.1) is 0 Å². The minimum Gasteiger partial charge on any atom is -0.330 e. The van der Waals surface area contributed by atoms with Gasteiger partial charge in [0.2, 0.25) is 5.82 Å². The summed E-state index contributed by atoms with van der Waals surface area (Å²) in [7, 11) is 2.05. The first-order valence-electron chi connectivity index (χ1n) is 9.02. The lowest BCUT2D eigenvalue weighted by atomic mass is 10.1. The third-order valence-electron chi connectivity index (χ3n) is 5.44. The van der Waals surface area contributed by atoms with Gasteiger partial charge in [0.25, 0.3) is 17.2 Å². The Morgan fingerprint density at radius 1 is 1.11 bits per heavy atom. The molecule has 1 aliphatic heterocycles. The maximum atomic E-state index is 13.0. The number of aromatic amines is 1. The monoisotopic (exact) mass is 366 g/mol. The maximum absolute atomic E-state index is 13.0. The van der Waals surface area contributed by atoms with Crippen molar-refractivity contribution < 1.29 is 4.79 Å². The van der Waals surface area contributed by atoms with Gasteiger partial charge in [0.15, 0.2) is 0 Å². The topological polar surface area (TPSA) is 86.6 Å². The fourth-order valence-electron chi connectivity index (χ4n) is 3.46. The van der Waals surface area contributed by atoms with Crippen LogP contribution in [0.2, 0.25) is 0 Å². The average molecular weight is 366 g/mol. The SMILES string of the molecule is CC1C(C)N(C(=O)c2nc3nc(-c4ccccc4)cc(=O)n3[nH]2)CCN1C. The molecule has 0 spiro atoms. The molecular formula is C19H22N6O2. The number of H-pyrrole nitrogens is 1. The van der Waals surface area contributed by atoms with Crippen molar-refractivity contribution in [3.05, 3.63) is 52.6 Å². The average Bonchev–Trinajstić information content (AvgIpc) is 3.11. The number of rotatable bonds is 2. The largest absolute Gasteiger partial charge is 0.330 e. The van der Waals surface area contributed by atoms with E-state index in [1.807, 2.05) is 37.3 Å². The van der Waals surface area contributed by atoms with Crippen molar-refractivity contribution >= 4 is 11.7 Å². The number of carbonyl (C=O) groups is 1. The fourth-order valence-corrected chi connectivity index (χ4v) is 3.46. The van der Waals surface area contributed by atoms with Crippen LogP contribution in [0.1, 0.15) is 24.5 Å². The zero-order valence-electron chi connectivity index (χ0n) is 15.6. The third kappa shape index (κ3) is 3.02. The molecule has 1 N–H and O–H groups in total. The Bertz CT molecular complexity index is 1040. The predicted octanol–water partition coefficient (Wildman–Crippen LogP) is 1.25. The molecular weight excluding hydrogens is 344 g/mol. The van der Waals surface area contributed by atoms with E-state index in [1.165, 1.54) is 10.6 Å². The quantitative estimate of drug-likeness (QED) is 0.738. The van der Waals surface area contributed by atoms with E-state index in [9.17, 15) is 9.59 Å². The second kappa shape index (κ2) is 6.62. The summed E-state index contributed by atoms with van der Waals surface area (Å²) in [6.07, 6.45) is 0. The normalized spacial score (nSPS) is 20.9. The van der Waals surface area contributed by atoms with Crippen molar-refractivity contribution in [1.82, 2.24) is 29.4 Å². The summed E-state index contributed by atoms with van der Waals surface area (Å²) in [6, 6.07) is 11.2. The highest BCUT2D eigenvalue weighted by Gasteiger charge is 2.33. The molecule has 0 aliphatic carbocycles. The van der Waals surface area contributed by atoms with E-state index in [4.69, 9.17) is 0 Å². The number of hydrogen-bond donors (Lipinski definition) is 1. The lowest BCUT2D eigenvalue weighted by molar-refractivity contribution is 0.0353. The summed E-state index contributed by atoms with van der Waals surface area (Å²) in [6.45, 7) is 5.54. The van der Waals surface area contributed by atoms with Crippen molar-refractivity contribution in [1.29, 1.82) is 0 Å². The molecule has 1 aromatic carbocycles. The number of fused-ring (bicyclic) bond motifs is 1. The predicted molar refractivity (Wildman–Crippen MR) is 102 cm³/mol. The van der Waals surface area contributed by atoms with E-state index in [-0.39, 0.29) is 35.2 Å². The number of aromatic nitrogens is 4. The Morgan fingerprint density at radius 3 is 2.59 bits per heavy atom. The number of nitrogens with zero attached hydrogens (tertiary/aromatic N) is 5. The summed E-state index contributed by atoms with van der Waals surface area (Å²) in [5, 5.41) is 2.81. The van der Waals surface area contributed by atoms with Gasteiger partial charge in [-0.1, -0.05) is 30.3 Å². The molecule has 8 nitrogen and oxygen atoms in total. The molecule has 8 heteroatoms. The van der Waals surface area contributed by atoms with Crippen LogP contribution in [-0.4, -0.2) is 67.5 Å². The number of benzene rings is 1. The van der Waals surface area contributed by atoms with Gasteiger partial charge in [-0.3, -0.25) is 19.6 Å². The van der Waals surface area contributed by atoms with Crippen LogP contribution in [-0.2, 0) is 0 Å². The van der Waals surface area contributed by atoms with Gasteiger partial charge in [0.05, 0.1) is 5.69 Å². The van der Waals surface area contributed by atoms with Crippen molar-refractivity contribution in [2.75, 3.05) is 20.1 Å². The Labute approximate surface area is 156 Å². The van der Waals surface area contributed by atoms with E-state index < -0.39 is 0 Å². The molecule has 1 fully saturated rings. The van der Waals surface area contributed by atoms with Crippen molar-refractivity contribution in [2.24, 2.45) is 0 Å². The van der Waals surface area contributed by atoms with Gasteiger partial charge in [-0.05, 0) is 20.9 Å². The number of carbonyl (C=O) groups excluding carboxylic acids is 1. The molecule has 2 aromatic heterocycles. The van der Waals surface area contributed by atoms with Gasteiger partial charge in [0, 0.05) is 36.8 Å². The zero-order chi connectivity index (χ0) is 19.1. The molecule has 140 valence electrons. The first kappa shape index (κ1) is 17.4. The highest BCUT2D eigenvalue weighted by molar-refractivity contribution is 5.91. The first-order chi connectivity index (χ1) is 13.0. The van der Waals surface area contributed by atoms with Gasteiger partial charge in [0.1, 0.15) is 0 Å². The molecule has 27 heavy (non-hydrogen) atoms. The molecule has 1 aliphatic rings. The molecule has 0 saturated carbocycles. The molecule has 0 bridgehead atoms. The third-order valence-corrected chi connectivity index (χ3v) is 5.44. The van der Waals surface area contributed by atoms with Crippen LogP contribution in [0.25, 0.3) is 17.0 Å². The van der Waals surface area contributed by atoms with Crippen LogP contribution in [0.4, 0.5) is 0 Å². The number of likely N-dealkylation sites (N-methyl/N-ethyl adjacent to an activating group) is 1. The molecule has 3 aromatic rings. The second-order valence-corrected chi connectivity index (χ2v) is 7.01. The molecule has 2 atom stereocenters.